The van der Waals surface area contributed by atoms with Crippen molar-refractivity contribution in [3.05, 3.63) is 70.9 Å². The van der Waals surface area contributed by atoms with Gasteiger partial charge in [-0.15, -0.1) is 0 Å². The summed E-state index contributed by atoms with van der Waals surface area (Å²) in [6, 6.07) is 12.8. The Hall–Kier alpha value is -3.48. The summed E-state index contributed by atoms with van der Waals surface area (Å²) < 4.78 is 10.5. The van der Waals surface area contributed by atoms with E-state index in [-0.39, 0.29) is 23.7 Å². The molecule has 140 valence electrons. The molecule has 7 nitrogen and oxygen atoms in total. The quantitative estimate of drug-likeness (QED) is 0.705. The molecule has 0 bridgehead atoms. The van der Waals surface area contributed by atoms with Crippen molar-refractivity contribution in [1.29, 1.82) is 0 Å². The molecule has 1 atom stereocenters. The maximum Gasteiger partial charge on any atom is 0.338 e. The second-order valence-corrected chi connectivity index (χ2v) is 6.03. The summed E-state index contributed by atoms with van der Waals surface area (Å²) in [5.41, 5.74) is 1.77. The van der Waals surface area contributed by atoms with Crippen molar-refractivity contribution in [2.75, 3.05) is 7.11 Å². The highest BCUT2D eigenvalue weighted by Crippen LogP contribution is 2.38. The number of carbonyl (C=O) groups excluding carboxylic acids is 2. The lowest BCUT2D eigenvalue weighted by atomic mass is 9.94. The molecule has 7 heteroatoms. The molecule has 1 aliphatic heterocycles. The number of allylic oxidation sites excluding steroid dienone is 1. The van der Waals surface area contributed by atoms with Crippen LogP contribution in [0.4, 0.5) is 4.79 Å². The van der Waals surface area contributed by atoms with Crippen molar-refractivity contribution in [1.82, 2.24) is 10.6 Å². The third kappa shape index (κ3) is 3.87. The van der Waals surface area contributed by atoms with Gasteiger partial charge in [-0.05, 0) is 18.6 Å². The molecule has 2 aromatic carbocycles. The molecular weight excluding hydrogens is 348 g/mol. The molecule has 0 saturated heterocycles. The number of nitrogens with one attached hydrogen (secondary N) is 2. The zero-order valence-corrected chi connectivity index (χ0v) is 15.0. The van der Waals surface area contributed by atoms with Gasteiger partial charge in [-0.25, -0.2) is 9.59 Å². The van der Waals surface area contributed by atoms with Gasteiger partial charge in [-0.3, -0.25) is 0 Å². The Morgan fingerprint density at radius 2 is 1.89 bits per heavy atom. The minimum atomic E-state index is -0.864. The Labute approximate surface area is 156 Å². The molecule has 0 spiro atoms. The largest absolute Gasteiger partial charge is 0.504 e. The van der Waals surface area contributed by atoms with Gasteiger partial charge in [0.15, 0.2) is 11.5 Å². The number of carbonyl (C=O) groups is 2. The van der Waals surface area contributed by atoms with E-state index in [1.54, 1.807) is 25.1 Å². The number of hydrogen-bond donors (Lipinski definition) is 3. The van der Waals surface area contributed by atoms with E-state index >= 15 is 0 Å². The number of urea groups is 1. The summed E-state index contributed by atoms with van der Waals surface area (Å²) in [7, 11) is 1.43. The monoisotopic (exact) mass is 368 g/mol. The molecule has 2 aromatic rings. The summed E-state index contributed by atoms with van der Waals surface area (Å²) >= 11 is 0. The third-order valence-electron chi connectivity index (χ3n) is 4.26. The van der Waals surface area contributed by atoms with Crippen molar-refractivity contribution in [2.45, 2.75) is 19.6 Å². The molecule has 0 fully saturated rings. The first kappa shape index (κ1) is 18.3. The predicted octanol–water partition coefficient (Wildman–Crippen LogP) is 2.77. The summed E-state index contributed by atoms with van der Waals surface area (Å²) in [5, 5.41) is 15.7. The highest BCUT2D eigenvalue weighted by molar-refractivity contribution is 5.95. The minimum absolute atomic E-state index is 0.0984. The maximum atomic E-state index is 12.8. The molecule has 1 unspecified atom stereocenters. The average Bonchev–Trinajstić information content (AvgIpc) is 2.66. The van der Waals surface area contributed by atoms with Crippen LogP contribution < -0.4 is 15.4 Å². The molecule has 3 N–H and O–H groups in total. The highest BCUT2D eigenvalue weighted by Gasteiger charge is 2.34. The van der Waals surface area contributed by atoms with Gasteiger partial charge in [-0.1, -0.05) is 42.5 Å². The van der Waals surface area contributed by atoms with Crippen LogP contribution in [0.3, 0.4) is 0 Å². The minimum Gasteiger partial charge on any atom is -0.504 e. The second-order valence-electron chi connectivity index (χ2n) is 6.03. The van der Waals surface area contributed by atoms with Crippen molar-refractivity contribution >= 4 is 12.0 Å². The zero-order valence-electron chi connectivity index (χ0n) is 15.0. The first-order valence-corrected chi connectivity index (χ1v) is 8.36. The Balaban J connectivity index is 1.91. The summed E-state index contributed by atoms with van der Waals surface area (Å²) in [4.78, 5) is 24.7. The summed E-state index contributed by atoms with van der Waals surface area (Å²) in [6.07, 6.45) is 0. The number of methoxy groups -OCH3 is 1. The van der Waals surface area contributed by atoms with Crippen LogP contribution in [0.1, 0.15) is 24.1 Å². The zero-order chi connectivity index (χ0) is 19.4. The van der Waals surface area contributed by atoms with Gasteiger partial charge in [0, 0.05) is 11.3 Å². The number of amides is 2. The molecule has 27 heavy (non-hydrogen) atoms. The molecule has 1 aliphatic rings. The number of benzene rings is 2. The van der Waals surface area contributed by atoms with Gasteiger partial charge in [0.2, 0.25) is 0 Å². The first-order chi connectivity index (χ1) is 13.0. The van der Waals surface area contributed by atoms with Crippen LogP contribution in [-0.4, -0.2) is 24.2 Å². The van der Waals surface area contributed by atoms with Crippen LogP contribution in [0.2, 0.25) is 0 Å². The van der Waals surface area contributed by atoms with Crippen LogP contribution in [0, 0.1) is 0 Å². The van der Waals surface area contributed by atoms with E-state index in [2.05, 4.69) is 10.6 Å². The fraction of sp³-hybridized carbons (Fsp3) is 0.200. The standard InChI is InChI=1S/C20H20N2O5/c1-12-16(19(24)27-11-13-7-4-3-5-8-13)17(22-20(25)21-12)14-9-6-10-15(26-2)18(14)23/h3-10,17,23H,11H2,1-2H3,(H2,21,22,25). The second kappa shape index (κ2) is 7.82. The molecule has 0 saturated carbocycles. The molecule has 1 heterocycles. The van der Waals surface area contributed by atoms with Crippen LogP contribution >= 0.6 is 0 Å². The molecule has 0 aromatic heterocycles. The lowest BCUT2D eigenvalue weighted by Gasteiger charge is -2.28. The van der Waals surface area contributed by atoms with E-state index in [4.69, 9.17) is 9.47 Å². The normalized spacial score (nSPS) is 16.4. The highest BCUT2D eigenvalue weighted by atomic mass is 16.5. The molecular formula is C20H20N2O5. The van der Waals surface area contributed by atoms with Crippen LogP contribution in [0.25, 0.3) is 0 Å². The number of ether oxygens (including phenoxy) is 2. The van der Waals surface area contributed by atoms with E-state index in [1.807, 2.05) is 30.3 Å². The lowest BCUT2D eigenvalue weighted by Crippen LogP contribution is -2.45. The van der Waals surface area contributed by atoms with Gasteiger partial charge in [0.05, 0.1) is 18.7 Å². The molecule has 0 radical (unpaired) electrons. The maximum absolute atomic E-state index is 12.8. The molecule has 3 rings (SSSR count). The van der Waals surface area contributed by atoms with Gasteiger partial charge >= 0.3 is 12.0 Å². The van der Waals surface area contributed by atoms with Crippen molar-refractivity contribution in [2.24, 2.45) is 0 Å². The van der Waals surface area contributed by atoms with Gasteiger partial charge < -0.3 is 25.2 Å². The number of para-hydroxylation sites is 1. The van der Waals surface area contributed by atoms with Crippen molar-refractivity contribution in [3.63, 3.8) is 0 Å². The smallest absolute Gasteiger partial charge is 0.338 e. The van der Waals surface area contributed by atoms with Gasteiger partial charge in [0.1, 0.15) is 6.61 Å². The Bertz CT molecular complexity index is 893. The van der Waals surface area contributed by atoms with Gasteiger partial charge in [0.25, 0.3) is 0 Å². The van der Waals surface area contributed by atoms with Crippen LogP contribution in [0.15, 0.2) is 59.8 Å². The Kier molecular flexibility index (Phi) is 5.30. The fourth-order valence-corrected chi connectivity index (χ4v) is 2.94. The van der Waals surface area contributed by atoms with E-state index in [0.29, 0.717) is 11.3 Å². The number of hydrogen-bond acceptors (Lipinski definition) is 5. The van der Waals surface area contributed by atoms with E-state index in [9.17, 15) is 14.7 Å². The third-order valence-corrected chi connectivity index (χ3v) is 4.26. The van der Waals surface area contributed by atoms with Gasteiger partial charge in [-0.2, -0.15) is 0 Å². The number of rotatable bonds is 5. The van der Waals surface area contributed by atoms with E-state index < -0.39 is 18.0 Å². The Morgan fingerprint density at radius 1 is 1.15 bits per heavy atom. The summed E-state index contributed by atoms with van der Waals surface area (Å²) in [6.45, 7) is 1.71. The molecule has 0 aliphatic carbocycles. The topological polar surface area (TPSA) is 96.9 Å². The summed E-state index contributed by atoms with van der Waals surface area (Å²) in [5.74, 6) is -0.487. The Morgan fingerprint density at radius 3 is 2.59 bits per heavy atom. The molecule has 2 amide bonds. The SMILES string of the molecule is COc1cccc(C2NC(=O)NC(C)=C2C(=O)OCc2ccccc2)c1O. The fourth-order valence-electron chi connectivity index (χ4n) is 2.94. The van der Waals surface area contributed by atoms with Crippen LogP contribution in [-0.2, 0) is 16.1 Å². The van der Waals surface area contributed by atoms with Crippen LogP contribution in [0.5, 0.6) is 11.5 Å². The number of aromatic hydroxyl groups is 1. The average molecular weight is 368 g/mol. The van der Waals surface area contributed by atoms with Crippen molar-refractivity contribution < 1.29 is 24.2 Å². The lowest BCUT2D eigenvalue weighted by molar-refractivity contribution is -0.140. The number of phenols is 1. The predicted molar refractivity (Wildman–Crippen MR) is 98.0 cm³/mol. The van der Waals surface area contributed by atoms with Crippen molar-refractivity contribution in [3.8, 4) is 11.5 Å². The number of esters is 1. The van der Waals surface area contributed by atoms with E-state index in [1.165, 1.54) is 7.11 Å². The first-order valence-electron chi connectivity index (χ1n) is 8.36. The number of phenolic OH excluding ortho intramolecular Hbond substituents is 1. The van der Waals surface area contributed by atoms with E-state index in [0.717, 1.165) is 5.56 Å².